The number of halogens is 3. The summed E-state index contributed by atoms with van der Waals surface area (Å²) in [5.74, 6) is -0.400. The Morgan fingerprint density at radius 2 is 1.92 bits per heavy atom. The number of alkyl halides is 3. The van der Waals surface area contributed by atoms with E-state index in [9.17, 15) is 18.0 Å². The summed E-state index contributed by atoms with van der Waals surface area (Å²) in [6, 6.07) is 12.1. The summed E-state index contributed by atoms with van der Waals surface area (Å²) in [7, 11) is 0. The number of rotatable bonds is 1. The van der Waals surface area contributed by atoms with Crippen LogP contribution in [-0.2, 0) is 6.18 Å². The first kappa shape index (κ1) is 16.9. The molecule has 3 rings (SSSR count). The first-order valence-electron chi connectivity index (χ1n) is 7.61. The Balaban J connectivity index is 1.98. The SMILES string of the molecule is CC1CCN(C(=O)c2cccc(C(F)(F)F)c2)c2ccccc2S1. The predicted octanol–water partition coefficient (Wildman–Crippen LogP) is 5.24. The van der Waals surface area contributed by atoms with Gasteiger partial charge in [-0.15, -0.1) is 11.8 Å². The quantitative estimate of drug-likeness (QED) is 0.701. The van der Waals surface area contributed by atoms with E-state index in [1.807, 2.05) is 24.3 Å². The molecule has 2 aromatic rings. The molecule has 0 aliphatic carbocycles. The minimum atomic E-state index is -4.46. The lowest BCUT2D eigenvalue weighted by Gasteiger charge is -2.23. The molecule has 0 radical (unpaired) electrons. The second-order valence-corrected chi connectivity index (χ2v) is 7.20. The number of carbonyl (C=O) groups excluding carboxylic acids is 1. The lowest BCUT2D eigenvalue weighted by molar-refractivity contribution is -0.137. The van der Waals surface area contributed by atoms with Crippen LogP contribution in [0.4, 0.5) is 18.9 Å². The molecule has 2 aromatic carbocycles. The molecule has 126 valence electrons. The number of hydrogen-bond acceptors (Lipinski definition) is 2. The third kappa shape index (κ3) is 3.43. The summed E-state index contributed by atoms with van der Waals surface area (Å²) in [4.78, 5) is 15.4. The molecule has 24 heavy (non-hydrogen) atoms. The Kier molecular flexibility index (Phi) is 4.58. The van der Waals surface area contributed by atoms with E-state index in [4.69, 9.17) is 0 Å². The third-order valence-electron chi connectivity index (χ3n) is 3.93. The summed E-state index contributed by atoms with van der Waals surface area (Å²) < 4.78 is 38.7. The van der Waals surface area contributed by atoms with Gasteiger partial charge in [0.25, 0.3) is 5.91 Å². The molecule has 6 heteroatoms. The molecule has 0 aromatic heterocycles. The standard InChI is InChI=1S/C18H16F3NOS/c1-12-9-10-22(15-7-2-3-8-16(15)24-12)17(23)13-5-4-6-14(11-13)18(19,20)21/h2-8,11-12H,9-10H2,1H3. The minimum absolute atomic E-state index is 0.0548. The van der Waals surface area contributed by atoms with Crippen LogP contribution in [0, 0.1) is 0 Å². The van der Waals surface area contributed by atoms with Crippen LogP contribution in [0.2, 0.25) is 0 Å². The molecule has 0 N–H and O–H groups in total. The van der Waals surface area contributed by atoms with E-state index >= 15 is 0 Å². The average molecular weight is 351 g/mol. The predicted molar refractivity (Wildman–Crippen MR) is 89.5 cm³/mol. The van der Waals surface area contributed by atoms with Gasteiger partial charge in [0.2, 0.25) is 0 Å². The van der Waals surface area contributed by atoms with E-state index in [0.29, 0.717) is 11.8 Å². The molecule has 1 unspecified atom stereocenters. The van der Waals surface area contributed by atoms with Gasteiger partial charge in [0.1, 0.15) is 0 Å². The Morgan fingerprint density at radius 1 is 1.17 bits per heavy atom. The van der Waals surface area contributed by atoms with E-state index in [1.54, 1.807) is 16.7 Å². The summed E-state index contributed by atoms with van der Waals surface area (Å²) in [6.07, 6.45) is -3.68. The summed E-state index contributed by atoms with van der Waals surface area (Å²) in [5, 5.41) is 0.338. The first-order chi connectivity index (χ1) is 11.4. The zero-order valence-electron chi connectivity index (χ0n) is 13.0. The summed E-state index contributed by atoms with van der Waals surface area (Å²) >= 11 is 1.68. The highest BCUT2D eigenvalue weighted by molar-refractivity contribution is 8.00. The molecular weight excluding hydrogens is 335 g/mol. The molecule has 1 aliphatic rings. The van der Waals surface area contributed by atoms with Crippen molar-refractivity contribution in [2.45, 2.75) is 29.7 Å². The Bertz CT molecular complexity index is 760. The Hall–Kier alpha value is -1.95. The van der Waals surface area contributed by atoms with E-state index in [1.165, 1.54) is 12.1 Å². The molecular formula is C18H16F3NOS. The molecule has 0 bridgehead atoms. The third-order valence-corrected chi connectivity index (χ3v) is 5.16. The Morgan fingerprint density at radius 3 is 2.67 bits per heavy atom. The molecule has 0 saturated carbocycles. The van der Waals surface area contributed by atoms with Gasteiger partial charge in [-0.25, -0.2) is 0 Å². The zero-order chi connectivity index (χ0) is 17.3. The molecule has 1 aliphatic heterocycles. The monoisotopic (exact) mass is 351 g/mol. The van der Waals surface area contributed by atoms with E-state index in [2.05, 4.69) is 6.92 Å². The highest BCUT2D eigenvalue weighted by atomic mass is 32.2. The van der Waals surface area contributed by atoms with Crippen LogP contribution < -0.4 is 4.90 Å². The number of nitrogens with zero attached hydrogens (tertiary/aromatic N) is 1. The fraction of sp³-hybridized carbons (Fsp3) is 0.278. The molecule has 0 spiro atoms. The zero-order valence-corrected chi connectivity index (χ0v) is 13.8. The van der Waals surface area contributed by atoms with Crippen molar-refractivity contribution in [1.82, 2.24) is 0 Å². The average Bonchev–Trinajstić information content (AvgIpc) is 2.72. The van der Waals surface area contributed by atoms with Gasteiger partial charge in [0.15, 0.2) is 0 Å². The van der Waals surface area contributed by atoms with Crippen molar-refractivity contribution in [2.24, 2.45) is 0 Å². The highest BCUT2D eigenvalue weighted by Gasteiger charge is 2.32. The lowest BCUT2D eigenvalue weighted by atomic mass is 10.1. The number of benzene rings is 2. The van der Waals surface area contributed by atoms with Crippen molar-refractivity contribution in [2.75, 3.05) is 11.4 Å². The fourth-order valence-electron chi connectivity index (χ4n) is 2.68. The van der Waals surface area contributed by atoms with Crippen molar-refractivity contribution in [3.05, 3.63) is 59.7 Å². The van der Waals surface area contributed by atoms with Crippen LogP contribution in [0.3, 0.4) is 0 Å². The molecule has 1 atom stereocenters. The second kappa shape index (κ2) is 6.51. The van der Waals surface area contributed by atoms with Crippen LogP contribution in [0.15, 0.2) is 53.4 Å². The van der Waals surface area contributed by atoms with Crippen molar-refractivity contribution in [1.29, 1.82) is 0 Å². The van der Waals surface area contributed by atoms with Gasteiger partial charge >= 0.3 is 6.18 Å². The number of carbonyl (C=O) groups is 1. The van der Waals surface area contributed by atoms with Gasteiger partial charge in [-0.2, -0.15) is 13.2 Å². The van der Waals surface area contributed by atoms with E-state index in [-0.39, 0.29) is 5.56 Å². The number of thioether (sulfide) groups is 1. The second-order valence-electron chi connectivity index (χ2n) is 5.72. The van der Waals surface area contributed by atoms with Crippen molar-refractivity contribution < 1.29 is 18.0 Å². The number of anilines is 1. The fourth-order valence-corrected chi connectivity index (χ4v) is 3.80. The van der Waals surface area contributed by atoms with Gasteiger partial charge < -0.3 is 4.90 Å². The van der Waals surface area contributed by atoms with Gasteiger partial charge in [-0.3, -0.25) is 4.79 Å². The highest BCUT2D eigenvalue weighted by Crippen LogP contribution is 2.38. The molecule has 0 saturated heterocycles. The maximum absolute atomic E-state index is 12.9. The van der Waals surface area contributed by atoms with Crippen molar-refractivity contribution in [3.8, 4) is 0 Å². The molecule has 0 fully saturated rings. The summed E-state index contributed by atoms with van der Waals surface area (Å²) in [6.45, 7) is 2.57. The lowest BCUT2D eigenvalue weighted by Crippen LogP contribution is -2.32. The van der Waals surface area contributed by atoms with Gasteiger partial charge in [0.05, 0.1) is 11.3 Å². The smallest absolute Gasteiger partial charge is 0.307 e. The topological polar surface area (TPSA) is 20.3 Å². The maximum Gasteiger partial charge on any atom is 0.416 e. The minimum Gasteiger partial charge on any atom is -0.307 e. The number of fused-ring (bicyclic) bond motifs is 1. The van der Waals surface area contributed by atoms with Crippen LogP contribution in [0.1, 0.15) is 29.3 Å². The van der Waals surface area contributed by atoms with Crippen molar-refractivity contribution >= 4 is 23.4 Å². The van der Waals surface area contributed by atoms with Crippen LogP contribution >= 0.6 is 11.8 Å². The van der Waals surface area contributed by atoms with Gasteiger partial charge in [-0.1, -0.05) is 25.1 Å². The first-order valence-corrected chi connectivity index (χ1v) is 8.49. The number of amides is 1. The van der Waals surface area contributed by atoms with Gasteiger partial charge in [-0.05, 0) is 36.8 Å². The molecule has 1 heterocycles. The van der Waals surface area contributed by atoms with Crippen LogP contribution in [0.25, 0.3) is 0 Å². The van der Waals surface area contributed by atoms with E-state index in [0.717, 1.165) is 29.1 Å². The maximum atomic E-state index is 12.9. The van der Waals surface area contributed by atoms with E-state index < -0.39 is 17.6 Å². The molecule has 2 nitrogen and oxygen atoms in total. The number of hydrogen-bond donors (Lipinski definition) is 0. The molecule has 1 amide bonds. The van der Waals surface area contributed by atoms with Crippen LogP contribution in [-0.4, -0.2) is 17.7 Å². The number of para-hydroxylation sites is 1. The van der Waals surface area contributed by atoms with Crippen molar-refractivity contribution in [3.63, 3.8) is 0 Å². The van der Waals surface area contributed by atoms with Gasteiger partial charge in [0, 0.05) is 22.3 Å². The Labute approximate surface area is 142 Å². The largest absolute Gasteiger partial charge is 0.416 e. The van der Waals surface area contributed by atoms with Crippen LogP contribution in [0.5, 0.6) is 0 Å². The normalized spacial score (nSPS) is 18.0. The summed E-state index contributed by atoms with van der Waals surface area (Å²) in [5.41, 5.74) is 0.00708.